The lowest BCUT2D eigenvalue weighted by atomic mass is 10.1. The Balaban J connectivity index is 2.03. The maximum absolute atomic E-state index is 14.0. The molecule has 7 nitrogen and oxygen atoms in total. The molecule has 0 bridgehead atoms. The molecule has 0 aliphatic rings. The van der Waals surface area contributed by atoms with Crippen molar-refractivity contribution in [2.45, 2.75) is 64.6 Å². The number of para-hydroxylation sites is 1. The Morgan fingerprint density at radius 1 is 0.923 bits per heavy atom. The van der Waals surface area contributed by atoms with Crippen LogP contribution in [0.15, 0.2) is 77.7 Å². The first kappa shape index (κ1) is 30.2. The second-order valence-corrected chi connectivity index (χ2v) is 12.1. The van der Waals surface area contributed by atoms with Crippen molar-refractivity contribution >= 4 is 39.1 Å². The minimum atomic E-state index is -4.14. The maximum Gasteiger partial charge on any atom is 0.264 e. The lowest BCUT2D eigenvalue weighted by molar-refractivity contribution is -0.139. The summed E-state index contributed by atoms with van der Waals surface area (Å²) in [7, 11) is -4.14. The summed E-state index contributed by atoms with van der Waals surface area (Å²) in [6.07, 6.45) is 0.741. The first-order valence-corrected chi connectivity index (χ1v) is 14.7. The minimum Gasteiger partial charge on any atom is -0.352 e. The zero-order valence-electron chi connectivity index (χ0n) is 23.0. The van der Waals surface area contributed by atoms with E-state index in [-0.39, 0.29) is 23.4 Å². The Bertz CT molecular complexity index is 1390. The Kier molecular flexibility index (Phi) is 10.2. The van der Waals surface area contributed by atoms with Crippen molar-refractivity contribution in [2.75, 3.05) is 10.8 Å². The van der Waals surface area contributed by atoms with Gasteiger partial charge < -0.3 is 10.2 Å². The molecule has 9 heteroatoms. The number of nitrogens with one attached hydrogen (secondary N) is 1. The average molecular weight is 570 g/mol. The van der Waals surface area contributed by atoms with Crippen LogP contribution in [0, 0.1) is 13.8 Å². The van der Waals surface area contributed by atoms with Crippen LogP contribution in [0.1, 0.15) is 43.9 Å². The fraction of sp³-hybridized carbons (Fsp3) is 0.333. The molecule has 39 heavy (non-hydrogen) atoms. The van der Waals surface area contributed by atoms with E-state index < -0.39 is 28.5 Å². The lowest BCUT2D eigenvalue weighted by Gasteiger charge is -2.33. The molecule has 0 spiro atoms. The molecule has 1 N–H and O–H groups in total. The van der Waals surface area contributed by atoms with Crippen LogP contribution in [0.5, 0.6) is 0 Å². The van der Waals surface area contributed by atoms with Crippen LogP contribution < -0.4 is 9.62 Å². The largest absolute Gasteiger partial charge is 0.352 e. The average Bonchev–Trinajstić information content (AvgIpc) is 2.91. The molecule has 0 unspecified atom stereocenters. The highest BCUT2D eigenvalue weighted by Gasteiger charge is 2.33. The van der Waals surface area contributed by atoms with Gasteiger partial charge in [0.15, 0.2) is 0 Å². The summed E-state index contributed by atoms with van der Waals surface area (Å²) < 4.78 is 28.8. The number of halogens is 1. The Labute approximate surface area is 236 Å². The summed E-state index contributed by atoms with van der Waals surface area (Å²) in [5.74, 6) is -0.795. The number of anilines is 1. The Hall–Kier alpha value is -3.36. The highest BCUT2D eigenvalue weighted by molar-refractivity contribution is 7.92. The van der Waals surface area contributed by atoms with Crippen LogP contribution in [0.4, 0.5) is 5.69 Å². The topological polar surface area (TPSA) is 86.8 Å². The number of aryl methyl sites for hydroxylation is 2. The summed E-state index contributed by atoms with van der Waals surface area (Å²) in [4.78, 5) is 28.5. The van der Waals surface area contributed by atoms with Crippen molar-refractivity contribution in [1.29, 1.82) is 0 Å². The second kappa shape index (κ2) is 13.1. The molecule has 0 saturated carbocycles. The second-order valence-electron chi connectivity index (χ2n) is 9.75. The summed E-state index contributed by atoms with van der Waals surface area (Å²) >= 11 is 6.00. The predicted molar refractivity (Wildman–Crippen MR) is 156 cm³/mol. The van der Waals surface area contributed by atoms with E-state index in [1.54, 1.807) is 38.1 Å². The van der Waals surface area contributed by atoms with Gasteiger partial charge in [-0.25, -0.2) is 8.42 Å². The van der Waals surface area contributed by atoms with Crippen LogP contribution >= 0.6 is 11.6 Å². The fourth-order valence-corrected chi connectivity index (χ4v) is 5.63. The Morgan fingerprint density at radius 3 is 2.13 bits per heavy atom. The van der Waals surface area contributed by atoms with Crippen LogP contribution in [0.25, 0.3) is 0 Å². The number of hydrogen-bond donors (Lipinski definition) is 1. The van der Waals surface area contributed by atoms with Gasteiger partial charge >= 0.3 is 0 Å². The van der Waals surface area contributed by atoms with Crippen LogP contribution in [-0.2, 0) is 26.2 Å². The van der Waals surface area contributed by atoms with E-state index in [0.717, 1.165) is 21.9 Å². The van der Waals surface area contributed by atoms with Gasteiger partial charge in [-0.3, -0.25) is 13.9 Å². The van der Waals surface area contributed by atoms with Crippen LogP contribution in [-0.4, -0.2) is 43.8 Å². The van der Waals surface area contributed by atoms with E-state index in [1.165, 1.54) is 29.2 Å². The molecule has 0 saturated heterocycles. The highest BCUT2D eigenvalue weighted by Crippen LogP contribution is 2.28. The van der Waals surface area contributed by atoms with Gasteiger partial charge in [0.2, 0.25) is 11.8 Å². The predicted octanol–water partition coefficient (Wildman–Crippen LogP) is 5.48. The molecular weight excluding hydrogens is 534 g/mol. The molecule has 0 fully saturated rings. The van der Waals surface area contributed by atoms with Gasteiger partial charge in [0.25, 0.3) is 10.0 Å². The van der Waals surface area contributed by atoms with Crippen molar-refractivity contribution in [1.82, 2.24) is 10.2 Å². The molecule has 0 aliphatic heterocycles. The first-order valence-electron chi connectivity index (χ1n) is 12.9. The number of hydrogen-bond acceptors (Lipinski definition) is 4. The molecule has 0 aromatic heterocycles. The van der Waals surface area contributed by atoms with Crippen molar-refractivity contribution in [3.8, 4) is 0 Å². The number of benzene rings is 3. The summed E-state index contributed by atoms with van der Waals surface area (Å²) in [5, 5.41) is 3.34. The lowest BCUT2D eigenvalue weighted by Crippen LogP contribution is -2.52. The molecule has 208 valence electrons. The number of carbonyl (C=O) groups is 2. The van der Waals surface area contributed by atoms with Gasteiger partial charge in [-0.2, -0.15) is 0 Å². The molecule has 0 radical (unpaired) electrons. The SMILES string of the molecule is CC[C@H](C)NC(=O)[C@H](C)N(Cc1ccc(C)cc1)C(=O)CN(c1ccccc1C)S(=O)(=O)c1ccc(Cl)cc1. The highest BCUT2D eigenvalue weighted by atomic mass is 35.5. The third kappa shape index (κ3) is 7.61. The number of rotatable bonds is 11. The van der Waals surface area contributed by atoms with Gasteiger partial charge in [0.05, 0.1) is 10.6 Å². The van der Waals surface area contributed by atoms with Crippen molar-refractivity contribution in [3.63, 3.8) is 0 Å². The van der Waals surface area contributed by atoms with E-state index in [9.17, 15) is 18.0 Å². The van der Waals surface area contributed by atoms with E-state index in [0.29, 0.717) is 16.3 Å². The summed E-state index contributed by atoms with van der Waals surface area (Å²) in [6, 6.07) is 19.6. The first-order chi connectivity index (χ1) is 18.4. The third-order valence-corrected chi connectivity index (χ3v) is 8.73. The number of sulfonamides is 1. The quantitative estimate of drug-likeness (QED) is 0.331. The molecule has 3 rings (SSSR count). The molecule has 3 aromatic carbocycles. The van der Waals surface area contributed by atoms with Gasteiger partial charge in [-0.05, 0) is 75.6 Å². The van der Waals surface area contributed by atoms with E-state index in [2.05, 4.69) is 5.32 Å². The van der Waals surface area contributed by atoms with E-state index in [1.807, 2.05) is 45.0 Å². The number of nitrogens with zero attached hydrogens (tertiary/aromatic N) is 2. The van der Waals surface area contributed by atoms with E-state index in [4.69, 9.17) is 11.6 Å². The van der Waals surface area contributed by atoms with Gasteiger partial charge in [-0.1, -0.05) is 66.6 Å². The summed E-state index contributed by atoms with van der Waals surface area (Å²) in [6.45, 7) is 8.95. The van der Waals surface area contributed by atoms with Crippen molar-refractivity contribution in [3.05, 3.63) is 94.5 Å². The van der Waals surface area contributed by atoms with E-state index >= 15 is 0 Å². The minimum absolute atomic E-state index is 0.00981. The molecule has 0 aliphatic carbocycles. The van der Waals surface area contributed by atoms with Crippen LogP contribution in [0.3, 0.4) is 0 Å². The van der Waals surface area contributed by atoms with Crippen molar-refractivity contribution < 1.29 is 18.0 Å². The van der Waals surface area contributed by atoms with Crippen molar-refractivity contribution in [2.24, 2.45) is 0 Å². The molecule has 2 atom stereocenters. The smallest absolute Gasteiger partial charge is 0.264 e. The number of carbonyl (C=O) groups excluding carboxylic acids is 2. The normalized spacial score (nSPS) is 12.9. The zero-order chi connectivity index (χ0) is 28.7. The molecular formula is C30H36ClN3O4S. The van der Waals surface area contributed by atoms with Gasteiger partial charge in [-0.15, -0.1) is 0 Å². The molecule has 0 heterocycles. The Morgan fingerprint density at radius 2 is 1.54 bits per heavy atom. The fourth-order valence-electron chi connectivity index (χ4n) is 4.03. The number of amides is 2. The monoisotopic (exact) mass is 569 g/mol. The zero-order valence-corrected chi connectivity index (χ0v) is 24.6. The standard InChI is InChI=1S/C30H36ClN3O4S/c1-6-23(4)32-30(36)24(5)33(19-25-13-11-21(2)12-14-25)29(35)20-34(28-10-8-7-9-22(28)3)39(37,38)27-17-15-26(31)16-18-27/h7-18,23-24H,6,19-20H2,1-5H3,(H,32,36)/t23-,24-/m0/s1. The third-order valence-electron chi connectivity index (χ3n) is 6.71. The van der Waals surface area contributed by atoms with Gasteiger partial charge in [0, 0.05) is 17.6 Å². The molecule has 2 amide bonds. The summed E-state index contributed by atoms with van der Waals surface area (Å²) in [5.41, 5.74) is 2.97. The van der Waals surface area contributed by atoms with Crippen LogP contribution in [0.2, 0.25) is 5.02 Å². The maximum atomic E-state index is 14.0. The molecule has 3 aromatic rings. The van der Waals surface area contributed by atoms with Gasteiger partial charge in [0.1, 0.15) is 12.6 Å².